The Hall–Kier alpha value is -1.02. The minimum Gasteiger partial charge on any atom is -0.508 e. The van der Waals surface area contributed by atoms with Gasteiger partial charge in [0.15, 0.2) is 0 Å². The third kappa shape index (κ3) is 1.71. The van der Waals surface area contributed by atoms with E-state index < -0.39 is 0 Å². The molecule has 1 aromatic rings. The Morgan fingerprint density at radius 2 is 1.81 bits per heavy atom. The smallest absolute Gasteiger partial charge is 0.115 e. The van der Waals surface area contributed by atoms with Crippen molar-refractivity contribution in [3.63, 3.8) is 0 Å². The van der Waals surface area contributed by atoms with Crippen molar-refractivity contribution in [1.82, 2.24) is 5.32 Å². The van der Waals surface area contributed by atoms with E-state index in [-0.39, 0.29) is 0 Å². The second-order valence-corrected chi connectivity index (χ2v) is 5.93. The molecule has 0 bridgehead atoms. The van der Waals surface area contributed by atoms with Gasteiger partial charge >= 0.3 is 0 Å². The minimum atomic E-state index is 0.341. The van der Waals surface area contributed by atoms with Crippen molar-refractivity contribution in [1.29, 1.82) is 0 Å². The van der Waals surface area contributed by atoms with Gasteiger partial charge in [0, 0.05) is 12.6 Å². The first-order valence-corrected chi connectivity index (χ1v) is 5.87. The monoisotopic (exact) mass is 219 g/mol. The maximum absolute atomic E-state index is 9.37. The second-order valence-electron chi connectivity index (χ2n) is 5.93. The van der Waals surface area contributed by atoms with E-state index in [0.717, 1.165) is 12.1 Å². The number of phenolic OH excluding ortho intramolecular Hbond substituents is 1. The maximum Gasteiger partial charge on any atom is 0.115 e. The Morgan fingerprint density at radius 3 is 2.31 bits per heavy atom. The van der Waals surface area contributed by atoms with Gasteiger partial charge in [-0.25, -0.2) is 0 Å². The van der Waals surface area contributed by atoms with Crippen LogP contribution in [0.1, 0.15) is 33.3 Å². The molecule has 1 aromatic carbocycles. The molecule has 2 nitrogen and oxygen atoms in total. The first-order chi connectivity index (χ1) is 7.35. The SMILES string of the molecule is CC1(C)C(NCc2cccc(O)c2)C1(C)C. The zero-order valence-electron chi connectivity index (χ0n) is 10.5. The van der Waals surface area contributed by atoms with Gasteiger partial charge in [0.1, 0.15) is 5.75 Å². The standard InChI is InChI=1S/C14H21NO/c1-13(2)12(14(13,3)4)15-9-10-6-5-7-11(16)8-10/h5-8,12,15-16H,9H2,1-4H3. The van der Waals surface area contributed by atoms with Gasteiger partial charge in [-0.3, -0.25) is 0 Å². The number of hydrogen-bond donors (Lipinski definition) is 2. The molecule has 1 aliphatic rings. The van der Waals surface area contributed by atoms with E-state index in [1.54, 1.807) is 6.07 Å². The van der Waals surface area contributed by atoms with Gasteiger partial charge in [-0.15, -0.1) is 0 Å². The van der Waals surface area contributed by atoms with E-state index in [1.807, 2.05) is 18.2 Å². The van der Waals surface area contributed by atoms with Crippen LogP contribution in [-0.4, -0.2) is 11.1 Å². The van der Waals surface area contributed by atoms with Crippen molar-refractivity contribution >= 4 is 0 Å². The van der Waals surface area contributed by atoms with E-state index in [0.29, 0.717) is 22.6 Å². The third-order valence-electron chi connectivity index (χ3n) is 4.44. The fraction of sp³-hybridized carbons (Fsp3) is 0.571. The molecule has 1 saturated carbocycles. The average molecular weight is 219 g/mol. The molecule has 2 N–H and O–H groups in total. The summed E-state index contributed by atoms with van der Waals surface area (Å²) in [5.41, 5.74) is 1.87. The highest BCUT2D eigenvalue weighted by Gasteiger charge is 2.64. The minimum absolute atomic E-state index is 0.341. The van der Waals surface area contributed by atoms with Crippen LogP contribution < -0.4 is 5.32 Å². The lowest BCUT2D eigenvalue weighted by Gasteiger charge is -2.06. The summed E-state index contributed by atoms with van der Waals surface area (Å²) in [4.78, 5) is 0. The molecular formula is C14H21NO. The van der Waals surface area contributed by atoms with Crippen LogP contribution in [0.4, 0.5) is 0 Å². The summed E-state index contributed by atoms with van der Waals surface area (Å²) in [6.45, 7) is 10.0. The molecule has 1 fully saturated rings. The normalized spacial score (nSPS) is 22.0. The zero-order chi connectivity index (χ0) is 12.0. The van der Waals surface area contributed by atoms with Crippen LogP contribution in [0.25, 0.3) is 0 Å². The number of rotatable bonds is 3. The average Bonchev–Trinajstić information content (AvgIpc) is 2.55. The molecule has 0 spiro atoms. The molecule has 0 aliphatic heterocycles. The molecule has 1 aliphatic carbocycles. The number of nitrogens with one attached hydrogen (secondary N) is 1. The van der Waals surface area contributed by atoms with Crippen molar-refractivity contribution < 1.29 is 5.11 Å². The fourth-order valence-corrected chi connectivity index (χ4v) is 2.59. The van der Waals surface area contributed by atoms with E-state index in [4.69, 9.17) is 0 Å². The molecule has 16 heavy (non-hydrogen) atoms. The van der Waals surface area contributed by atoms with Crippen LogP contribution in [0.15, 0.2) is 24.3 Å². The molecular weight excluding hydrogens is 198 g/mol. The molecule has 2 rings (SSSR count). The predicted molar refractivity (Wildman–Crippen MR) is 66.3 cm³/mol. The Morgan fingerprint density at radius 1 is 1.19 bits per heavy atom. The number of benzene rings is 1. The van der Waals surface area contributed by atoms with Gasteiger partial charge in [0.25, 0.3) is 0 Å². The zero-order valence-corrected chi connectivity index (χ0v) is 10.5. The van der Waals surface area contributed by atoms with Crippen LogP contribution in [0.5, 0.6) is 5.75 Å². The fourth-order valence-electron chi connectivity index (χ4n) is 2.59. The number of phenols is 1. The summed E-state index contributed by atoms with van der Waals surface area (Å²) in [6, 6.07) is 8.00. The van der Waals surface area contributed by atoms with E-state index in [2.05, 4.69) is 33.0 Å². The van der Waals surface area contributed by atoms with Crippen molar-refractivity contribution in [2.75, 3.05) is 0 Å². The van der Waals surface area contributed by atoms with Gasteiger partial charge in [-0.1, -0.05) is 39.8 Å². The summed E-state index contributed by atoms with van der Waals surface area (Å²) in [5, 5.41) is 12.9. The molecule has 0 atom stereocenters. The Kier molecular flexibility index (Phi) is 2.50. The highest BCUT2D eigenvalue weighted by atomic mass is 16.3. The van der Waals surface area contributed by atoms with Gasteiger partial charge in [-0.05, 0) is 28.5 Å². The lowest BCUT2D eigenvalue weighted by molar-refractivity contribution is 0.457. The Labute approximate surface area is 97.7 Å². The van der Waals surface area contributed by atoms with Crippen molar-refractivity contribution in [3.8, 4) is 5.75 Å². The van der Waals surface area contributed by atoms with E-state index in [9.17, 15) is 5.11 Å². The van der Waals surface area contributed by atoms with Crippen LogP contribution in [0.2, 0.25) is 0 Å². The Balaban J connectivity index is 1.95. The van der Waals surface area contributed by atoms with E-state index in [1.165, 1.54) is 0 Å². The summed E-state index contributed by atoms with van der Waals surface area (Å²) >= 11 is 0. The lowest BCUT2D eigenvalue weighted by Crippen LogP contribution is -2.21. The summed E-state index contributed by atoms with van der Waals surface area (Å²) < 4.78 is 0. The largest absolute Gasteiger partial charge is 0.508 e. The van der Waals surface area contributed by atoms with Crippen LogP contribution >= 0.6 is 0 Å². The number of hydrogen-bond acceptors (Lipinski definition) is 2. The van der Waals surface area contributed by atoms with Crippen molar-refractivity contribution in [2.24, 2.45) is 10.8 Å². The first-order valence-electron chi connectivity index (χ1n) is 5.87. The Bertz CT molecular complexity index is 381. The molecule has 0 amide bonds. The summed E-state index contributed by atoms with van der Waals surface area (Å²) in [6.07, 6.45) is 0. The molecule has 0 heterocycles. The van der Waals surface area contributed by atoms with Crippen molar-refractivity contribution in [2.45, 2.75) is 40.3 Å². The van der Waals surface area contributed by atoms with E-state index >= 15 is 0 Å². The maximum atomic E-state index is 9.37. The summed E-state index contributed by atoms with van der Waals surface area (Å²) in [5.74, 6) is 0.341. The van der Waals surface area contributed by atoms with Gasteiger partial charge in [-0.2, -0.15) is 0 Å². The topological polar surface area (TPSA) is 32.3 Å². The predicted octanol–water partition coefficient (Wildman–Crippen LogP) is 2.92. The summed E-state index contributed by atoms with van der Waals surface area (Å²) in [7, 11) is 0. The highest BCUT2D eigenvalue weighted by Crippen LogP contribution is 2.62. The molecule has 0 saturated heterocycles. The second kappa shape index (κ2) is 3.49. The molecule has 2 heteroatoms. The lowest BCUT2D eigenvalue weighted by atomic mass is 10.0. The molecule has 88 valence electrons. The van der Waals surface area contributed by atoms with Crippen LogP contribution in [0.3, 0.4) is 0 Å². The first kappa shape index (κ1) is 11.5. The third-order valence-corrected chi connectivity index (χ3v) is 4.44. The van der Waals surface area contributed by atoms with Crippen LogP contribution in [-0.2, 0) is 6.54 Å². The quantitative estimate of drug-likeness (QED) is 0.819. The highest BCUT2D eigenvalue weighted by molar-refractivity contribution is 5.27. The van der Waals surface area contributed by atoms with Gasteiger partial charge in [0.2, 0.25) is 0 Å². The van der Waals surface area contributed by atoms with Gasteiger partial charge < -0.3 is 10.4 Å². The molecule has 0 aromatic heterocycles. The number of aromatic hydroxyl groups is 1. The van der Waals surface area contributed by atoms with Crippen molar-refractivity contribution in [3.05, 3.63) is 29.8 Å². The van der Waals surface area contributed by atoms with Crippen LogP contribution in [0, 0.1) is 10.8 Å². The molecule has 0 unspecified atom stereocenters. The molecule has 0 radical (unpaired) electrons. The van der Waals surface area contributed by atoms with Gasteiger partial charge in [0.05, 0.1) is 0 Å².